The van der Waals surface area contributed by atoms with Crippen molar-refractivity contribution in [3.8, 4) is 44.5 Å². The van der Waals surface area contributed by atoms with E-state index in [0.717, 1.165) is 44.6 Å². The fourth-order valence-corrected chi connectivity index (χ4v) is 13.6. The van der Waals surface area contributed by atoms with E-state index in [1.807, 2.05) is 0 Å². The van der Waals surface area contributed by atoms with Gasteiger partial charge in [-0.25, -0.2) is 0 Å². The summed E-state index contributed by atoms with van der Waals surface area (Å²) in [6.07, 6.45) is 0. The zero-order valence-electron chi connectivity index (χ0n) is 38.1. The van der Waals surface area contributed by atoms with Crippen LogP contribution in [0, 0.1) is 0 Å². The van der Waals surface area contributed by atoms with Gasteiger partial charge in [-0.15, -0.1) is 0 Å². The Morgan fingerprint density at radius 1 is 0.338 bits per heavy atom. The van der Waals surface area contributed by atoms with Crippen LogP contribution >= 0.6 is 0 Å². The van der Waals surface area contributed by atoms with E-state index in [0.29, 0.717) is 0 Å². The van der Waals surface area contributed by atoms with Crippen molar-refractivity contribution in [1.82, 2.24) is 0 Å². The van der Waals surface area contributed by atoms with E-state index in [1.165, 1.54) is 89.0 Å². The van der Waals surface area contributed by atoms with Crippen LogP contribution in [0.4, 0.5) is 17.1 Å². The molecular formula is C66H45NO. The molecule has 4 aliphatic rings. The number of rotatable bonds is 4. The summed E-state index contributed by atoms with van der Waals surface area (Å²) in [5.41, 5.74) is 26.1. The van der Waals surface area contributed by atoms with Crippen molar-refractivity contribution in [3.63, 3.8) is 0 Å². The first-order chi connectivity index (χ1) is 33.4. The molecule has 1 heterocycles. The van der Waals surface area contributed by atoms with Gasteiger partial charge in [-0.2, -0.15) is 0 Å². The number of benzene rings is 10. The Kier molecular flexibility index (Phi) is 7.39. The highest BCUT2D eigenvalue weighted by atomic mass is 16.3. The van der Waals surface area contributed by atoms with Crippen LogP contribution in [0.2, 0.25) is 0 Å². The van der Waals surface area contributed by atoms with Gasteiger partial charge in [-0.05, 0) is 132 Å². The Balaban J connectivity index is 1.04. The van der Waals surface area contributed by atoms with Crippen molar-refractivity contribution in [1.29, 1.82) is 0 Å². The summed E-state index contributed by atoms with van der Waals surface area (Å²) >= 11 is 0. The number of anilines is 3. The molecule has 11 aromatic rings. The third kappa shape index (κ3) is 4.58. The lowest BCUT2D eigenvalue weighted by Crippen LogP contribution is -2.26. The molecule has 0 N–H and O–H groups in total. The van der Waals surface area contributed by atoms with Crippen LogP contribution in [0.5, 0.6) is 0 Å². The molecule has 320 valence electrons. The number of nitrogens with zero attached hydrogens (tertiary/aromatic N) is 1. The molecular weight excluding hydrogens is 823 g/mol. The Morgan fingerprint density at radius 3 is 1.31 bits per heavy atom. The Labute approximate surface area is 396 Å². The average Bonchev–Trinajstić information content (AvgIpc) is 4.14. The predicted octanol–water partition coefficient (Wildman–Crippen LogP) is 17.0. The average molecular weight is 868 g/mol. The van der Waals surface area contributed by atoms with E-state index in [2.05, 4.69) is 244 Å². The minimum atomic E-state index is -0.484. The summed E-state index contributed by atoms with van der Waals surface area (Å²) in [6.45, 7) is 7.16. The van der Waals surface area contributed by atoms with Gasteiger partial charge < -0.3 is 9.32 Å². The Bertz CT molecular complexity index is 3880. The smallest absolute Gasteiger partial charge is 0.141 e. The molecule has 2 heteroatoms. The molecule has 10 aromatic carbocycles. The van der Waals surface area contributed by atoms with Crippen LogP contribution < -0.4 is 4.90 Å². The lowest BCUT2D eigenvalue weighted by molar-refractivity contribution is 0.638. The molecule has 0 radical (unpaired) electrons. The molecule has 0 aliphatic heterocycles. The lowest BCUT2D eigenvalue weighted by Gasteiger charge is -2.33. The highest BCUT2D eigenvalue weighted by molar-refractivity contribution is 6.15. The lowest BCUT2D eigenvalue weighted by atomic mass is 9.70. The summed E-state index contributed by atoms with van der Waals surface area (Å²) < 4.78 is 7.25. The van der Waals surface area contributed by atoms with Gasteiger partial charge in [-0.1, -0.05) is 196 Å². The minimum absolute atomic E-state index is 0.187. The van der Waals surface area contributed by atoms with Crippen LogP contribution in [0.25, 0.3) is 66.4 Å². The van der Waals surface area contributed by atoms with Gasteiger partial charge in [0.25, 0.3) is 0 Å². The van der Waals surface area contributed by atoms with Crippen molar-refractivity contribution >= 4 is 39.0 Å². The van der Waals surface area contributed by atoms with Crippen molar-refractivity contribution in [2.24, 2.45) is 0 Å². The minimum Gasteiger partial charge on any atom is -0.456 e. The number of furan rings is 1. The summed E-state index contributed by atoms with van der Waals surface area (Å²) in [7, 11) is 0. The second kappa shape index (κ2) is 13.2. The van der Waals surface area contributed by atoms with Gasteiger partial charge in [0.2, 0.25) is 0 Å². The molecule has 2 nitrogen and oxygen atoms in total. The maximum Gasteiger partial charge on any atom is 0.141 e. The number of hydrogen-bond donors (Lipinski definition) is 0. The topological polar surface area (TPSA) is 16.4 Å². The molecule has 0 atom stereocenters. The Hall–Kier alpha value is -8.20. The monoisotopic (exact) mass is 867 g/mol. The molecule has 0 bridgehead atoms. The molecule has 0 fully saturated rings. The molecule has 4 aliphatic carbocycles. The normalized spacial score (nSPS) is 15.3. The van der Waals surface area contributed by atoms with Gasteiger partial charge in [0, 0.05) is 33.2 Å². The quantitative estimate of drug-likeness (QED) is 0.175. The fourth-order valence-electron chi connectivity index (χ4n) is 13.6. The van der Waals surface area contributed by atoms with E-state index in [9.17, 15) is 0 Å². The summed E-state index contributed by atoms with van der Waals surface area (Å²) in [4.78, 5) is 2.54. The van der Waals surface area contributed by atoms with Crippen molar-refractivity contribution < 1.29 is 4.42 Å². The van der Waals surface area contributed by atoms with Gasteiger partial charge in [0.15, 0.2) is 0 Å². The molecule has 1 spiro atoms. The molecule has 0 saturated carbocycles. The first-order valence-electron chi connectivity index (χ1n) is 24.0. The zero-order valence-corrected chi connectivity index (χ0v) is 38.1. The van der Waals surface area contributed by atoms with Crippen LogP contribution in [0.15, 0.2) is 223 Å². The summed E-state index contributed by atoms with van der Waals surface area (Å²) in [5.74, 6) is 0. The van der Waals surface area contributed by atoms with Crippen molar-refractivity contribution in [2.45, 2.75) is 37.0 Å². The van der Waals surface area contributed by atoms with Gasteiger partial charge in [0.1, 0.15) is 11.2 Å². The van der Waals surface area contributed by atoms with E-state index in [4.69, 9.17) is 4.42 Å². The maximum atomic E-state index is 7.25. The standard InChI is InChI=1S/C66H45NO/c1-64(2)51-25-11-4-18-42(51)48-34-32-40(38-58(48)64)67(41-33-35-49-47-23-9-16-30-56(47)66(59(49)39-41)54-28-14-7-21-45(54)46-22-8-15-29-55(46)66)60-37-36-57(63-62(60)50-24-10-17-31-61(50)68-63)65(3)52-26-12-5-19-43(52)44-20-6-13-27-53(44)65/h4-39H,1-3H3. The van der Waals surface area contributed by atoms with Crippen LogP contribution in [0.3, 0.4) is 0 Å². The maximum absolute atomic E-state index is 7.25. The number of para-hydroxylation sites is 1. The number of fused-ring (bicyclic) bond motifs is 19. The fraction of sp³-hybridized carbons (Fsp3) is 0.0909. The molecule has 15 rings (SSSR count). The number of hydrogen-bond acceptors (Lipinski definition) is 2. The molecule has 68 heavy (non-hydrogen) atoms. The van der Waals surface area contributed by atoms with E-state index < -0.39 is 10.8 Å². The highest BCUT2D eigenvalue weighted by Crippen LogP contribution is 2.64. The first-order valence-corrected chi connectivity index (χ1v) is 24.0. The predicted molar refractivity (Wildman–Crippen MR) is 280 cm³/mol. The van der Waals surface area contributed by atoms with Gasteiger partial charge >= 0.3 is 0 Å². The zero-order chi connectivity index (χ0) is 45.1. The second-order valence-corrected chi connectivity index (χ2v) is 20.0. The molecule has 1 aromatic heterocycles. The molecule has 0 unspecified atom stereocenters. The summed E-state index contributed by atoms with van der Waals surface area (Å²) in [6, 6.07) is 82.0. The second-order valence-electron chi connectivity index (χ2n) is 20.0. The Morgan fingerprint density at radius 2 is 0.750 bits per heavy atom. The highest BCUT2D eigenvalue weighted by Gasteiger charge is 2.52. The largest absolute Gasteiger partial charge is 0.456 e. The van der Waals surface area contributed by atoms with Crippen LogP contribution in [-0.2, 0) is 16.2 Å². The first kappa shape index (κ1) is 38.0. The van der Waals surface area contributed by atoms with E-state index in [-0.39, 0.29) is 5.41 Å². The van der Waals surface area contributed by atoms with Crippen molar-refractivity contribution in [3.05, 3.63) is 268 Å². The molecule has 0 amide bonds. The molecule has 0 saturated heterocycles. The SMILES string of the molecule is CC1(C)c2ccccc2-c2ccc(N(c3ccc4c(c3)C3(c5ccccc5-c5ccccc53)c3ccccc3-4)c3ccc(C4(C)c5ccccc5-c5ccccc54)c4oc5ccccc5c34)cc21. The van der Waals surface area contributed by atoms with Gasteiger partial charge in [-0.3, -0.25) is 0 Å². The van der Waals surface area contributed by atoms with Crippen LogP contribution in [0.1, 0.15) is 70.8 Å². The van der Waals surface area contributed by atoms with Gasteiger partial charge in [0.05, 0.1) is 16.5 Å². The third-order valence-corrected chi connectivity index (χ3v) is 16.6. The van der Waals surface area contributed by atoms with Crippen LogP contribution in [-0.4, -0.2) is 0 Å². The third-order valence-electron chi connectivity index (χ3n) is 16.6. The van der Waals surface area contributed by atoms with Crippen molar-refractivity contribution in [2.75, 3.05) is 4.90 Å². The van der Waals surface area contributed by atoms with E-state index in [1.54, 1.807) is 0 Å². The summed E-state index contributed by atoms with van der Waals surface area (Å²) in [5, 5.41) is 2.21. The van der Waals surface area contributed by atoms with E-state index >= 15 is 0 Å².